The summed E-state index contributed by atoms with van der Waals surface area (Å²) in [6.45, 7) is -0.788. The van der Waals surface area contributed by atoms with E-state index in [-0.39, 0.29) is 22.6 Å². The SMILES string of the molecule is O=S1(=O)CCC(NCC(O)C(F)(F)F)c2cc(F)ccc21. The molecule has 2 unspecified atom stereocenters. The fourth-order valence-electron chi connectivity index (χ4n) is 2.19. The molecule has 0 radical (unpaired) electrons. The van der Waals surface area contributed by atoms with E-state index >= 15 is 0 Å². The number of hydrogen-bond donors (Lipinski definition) is 2. The van der Waals surface area contributed by atoms with Crippen LogP contribution in [0.2, 0.25) is 0 Å². The molecule has 0 bridgehead atoms. The zero-order valence-electron chi connectivity index (χ0n) is 10.7. The topological polar surface area (TPSA) is 66.4 Å². The Labute approximate surface area is 118 Å². The van der Waals surface area contributed by atoms with E-state index in [1.54, 1.807) is 0 Å². The van der Waals surface area contributed by atoms with Crippen molar-refractivity contribution < 1.29 is 31.1 Å². The first-order valence-corrected chi connectivity index (χ1v) is 7.77. The van der Waals surface area contributed by atoms with Gasteiger partial charge in [-0.05, 0) is 30.2 Å². The number of hydrogen-bond acceptors (Lipinski definition) is 4. The second-order valence-corrected chi connectivity index (χ2v) is 6.89. The van der Waals surface area contributed by atoms with Crippen LogP contribution in [-0.2, 0) is 9.84 Å². The fraction of sp³-hybridized carbons (Fsp3) is 0.500. The number of rotatable bonds is 3. The van der Waals surface area contributed by atoms with Crippen molar-refractivity contribution in [1.82, 2.24) is 5.32 Å². The zero-order chi connectivity index (χ0) is 15.8. The Morgan fingerprint density at radius 3 is 2.67 bits per heavy atom. The van der Waals surface area contributed by atoms with Gasteiger partial charge in [0, 0.05) is 12.6 Å². The van der Waals surface area contributed by atoms with Gasteiger partial charge in [-0.15, -0.1) is 0 Å². The van der Waals surface area contributed by atoms with Crippen LogP contribution in [-0.4, -0.2) is 38.1 Å². The third-order valence-electron chi connectivity index (χ3n) is 3.29. The standard InChI is InChI=1S/C12H13F4NO3S/c13-7-1-2-10-8(5-7)9(3-4-21(10,19)20)17-6-11(18)12(14,15)16/h1-2,5,9,11,17-18H,3-4,6H2. The van der Waals surface area contributed by atoms with E-state index in [0.717, 1.165) is 18.2 Å². The Morgan fingerprint density at radius 1 is 1.38 bits per heavy atom. The minimum atomic E-state index is -4.77. The van der Waals surface area contributed by atoms with E-state index in [1.165, 1.54) is 0 Å². The van der Waals surface area contributed by atoms with E-state index in [4.69, 9.17) is 5.11 Å². The Morgan fingerprint density at radius 2 is 2.05 bits per heavy atom. The largest absolute Gasteiger partial charge is 0.415 e. The molecule has 1 aliphatic rings. The molecule has 2 N–H and O–H groups in total. The summed E-state index contributed by atoms with van der Waals surface area (Å²) in [5.41, 5.74) is 0.0932. The normalized spacial score (nSPS) is 22.6. The first-order valence-electron chi connectivity index (χ1n) is 6.11. The molecule has 118 valence electrons. The first kappa shape index (κ1) is 16.2. The van der Waals surface area contributed by atoms with Crippen LogP contribution in [0.1, 0.15) is 18.0 Å². The zero-order valence-corrected chi connectivity index (χ0v) is 11.5. The Bertz CT molecular complexity index is 630. The molecule has 1 aliphatic heterocycles. The van der Waals surface area contributed by atoms with Crippen LogP contribution in [0.25, 0.3) is 0 Å². The van der Waals surface area contributed by atoms with E-state index in [9.17, 15) is 26.0 Å². The summed E-state index contributed by atoms with van der Waals surface area (Å²) in [5.74, 6) is -0.917. The van der Waals surface area contributed by atoms with E-state index in [0.29, 0.717) is 0 Å². The monoisotopic (exact) mass is 327 g/mol. The van der Waals surface area contributed by atoms with Crippen molar-refractivity contribution >= 4 is 9.84 Å². The maximum atomic E-state index is 13.3. The summed E-state index contributed by atoms with van der Waals surface area (Å²) in [5, 5.41) is 11.4. The summed E-state index contributed by atoms with van der Waals surface area (Å²) in [6, 6.07) is 2.33. The van der Waals surface area contributed by atoms with Gasteiger partial charge in [-0.1, -0.05) is 0 Å². The molecular weight excluding hydrogens is 314 g/mol. The minimum Gasteiger partial charge on any atom is -0.382 e. The molecule has 0 saturated carbocycles. The van der Waals surface area contributed by atoms with Gasteiger partial charge in [0.05, 0.1) is 10.6 Å². The first-order chi connectivity index (χ1) is 9.61. The number of aliphatic hydroxyl groups is 1. The van der Waals surface area contributed by atoms with Crippen molar-refractivity contribution in [3.8, 4) is 0 Å². The maximum absolute atomic E-state index is 13.3. The molecule has 21 heavy (non-hydrogen) atoms. The van der Waals surface area contributed by atoms with Gasteiger partial charge in [0.25, 0.3) is 0 Å². The summed E-state index contributed by atoms with van der Waals surface area (Å²) in [6.07, 6.45) is -7.31. The lowest BCUT2D eigenvalue weighted by Crippen LogP contribution is -2.41. The lowest BCUT2D eigenvalue weighted by atomic mass is 10.0. The van der Waals surface area contributed by atoms with Crippen molar-refractivity contribution in [2.45, 2.75) is 29.6 Å². The number of halogens is 4. The number of alkyl halides is 3. The van der Waals surface area contributed by atoms with Gasteiger partial charge >= 0.3 is 6.18 Å². The molecule has 1 aromatic carbocycles. The van der Waals surface area contributed by atoms with Crippen LogP contribution in [0, 0.1) is 5.82 Å². The highest BCUT2D eigenvalue weighted by Crippen LogP contribution is 2.33. The van der Waals surface area contributed by atoms with Gasteiger partial charge in [-0.3, -0.25) is 0 Å². The van der Waals surface area contributed by atoms with Crippen LogP contribution in [0.4, 0.5) is 17.6 Å². The molecule has 0 spiro atoms. The van der Waals surface area contributed by atoms with Gasteiger partial charge in [0.2, 0.25) is 0 Å². The minimum absolute atomic E-state index is 0.0172. The van der Waals surface area contributed by atoms with Crippen molar-refractivity contribution in [2.24, 2.45) is 0 Å². The van der Waals surface area contributed by atoms with E-state index < -0.39 is 40.5 Å². The second kappa shape index (κ2) is 5.54. The number of sulfone groups is 1. The summed E-state index contributed by atoms with van der Waals surface area (Å²) in [4.78, 5) is -0.0888. The Hall–Kier alpha value is -1.19. The van der Waals surface area contributed by atoms with Gasteiger partial charge in [-0.25, -0.2) is 12.8 Å². The third-order valence-corrected chi connectivity index (χ3v) is 5.11. The molecule has 1 aromatic rings. The molecule has 0 aromatic heterocycles. The number of nitrogens with one attached hydrogen (secondary N) is 1. The van der Waals surface area contributed by atoms with Crippen molar-refractivity contribution in [1.29, 1.82) is 0 Å². The molecule has 1 heterocycles. The summed E-state index contributed by atoms with van der Waals surface area (Å²) in [7, 11) is -3.55. The molecule has 0 amide bonds. The molecule has 2 rings (SSSR count). The molecule has 0 saturated heterocycles. The van der Waals surface area contributed by atoms with Crippen LogP contribution >= 0.6 is 0 Å². The highest BCUT2D eigenvalue weighted by atomic mass is 32.2. The molecular formula is C12H13F4NO3S. The molecule has 0 fully saturated rings. The number of aliphatic hydroxyl groups excluding tert-OH is 1. The Balaban J connectivity index is 2.22. The van der Waals surface area contributed by atoms with Gasteiger partial charge in [0.15, 0.2) is 15.9 Å². The molecule has 2 atom stereocenters. The predicted octanol–water partition coefficient (Wildman–Crippen LogP) is 1.56. The van der Waals surface area contributed by atoms with Crippen molar-refractivity contribution in [3.63, 3.8) is 0 Å². The van der Waals surface area contributed by atoms with Crippen LogP contribution < -0.4 is 5.32 Å². The molecule has 9 heteroatoms. The van der Waals surface area contributed by atoms with E-state index in [2.05, 4.69) is 5.32 Å². The highest BCUT2D eigenvalue weighted by molar-refractivity contribution is 7.91. The van der Waals surface area contributed by atoms with Gasteiger partial charge in [0.1, 0.15) is 5.82 Å². The lowest BCUT2D eigenvalue weighted by molar-refractivity contribution is -0.202. The van der Waals surface area contributed by atoms with Crippen molar-refractivity contribution in [2.75, 3.05) is 12.3 Å². The average molecular weight is 327 g/mol. The molecule has 4 nitrogen and oxygen atoms in total. The fourth-order valence-corrected chi connectivity index (χ4v) is 3.80. The van der Waals surface area contributed by atoms with Crippen molar-refractivity contribution in [3.05, 3.63) is 29.6 Å². The Kier molecular flexibility index (Phi) is 4.27. The molecule has 0 aliphatic carbocycles. The average Bonchev–Trinajstić information content (AvgIpc) is 2.36. The van der Waals surface area contributed by atoms with E-state index in [1.807, 2.05) is 0 Å². The van der Waals surface area contributed by atoms with Crippen LogP contribution in [0.5, 0.6) is 0 Å². The van der Waals surface area contributed by atoms with Crippen LogP contribution in [0.15, 0.2) is 23.1 Å². The summed E-state index contributed by atoms with van der Waals surface area (Å²) >= 11 is 0. The highest BCUT2D eigenvalue weighted by Gasteiger charge is 2.39. The number of benzene rings is 1. The quantitative estimate of drug-likeness (QED) is 0.653. The van der Waals surface area contributed by atoms with Crippen LogP contribution in [0.3, 0.4) is 0 Å². The maximum Gasteiger partial charge on any atom is 0.415 e. The number of fused-ring (bicyclic) bond motifs is 1. The predicted molar refractivity (Wildman–Crippen MR) is 65.9 cm³/mol. The van der Waals surface area contributed by atoms with Gasteiger partial charge in [-0.2, -0.15) is 13.2 Å². The lowest BCUT2D eigenvalue weighted by Gasteiger charge is -2.27. The summed E-state index contributed by atoms with van der Waals surface area (Å²) < 4.78 is 73.7. The third kappa shape index (κ3) is 3.53. The smallest absolute Gasteiger partial charge is 0.382 e. The second-order valence-electron chi connectivity index (χ2n) is 4.81. The van der Waals surface area contributed by atoms with Gasteiger partial charge < -0.3 is 10.4 Å².